The number of carbonyl (C=O) groups is 1. The molecule has 26 heavy (non-hydrogen) atoms. The summed E-state index contributed by atoms with van der Waals surface area (Å²) in [5.41, 5.74) is 1.31. The maximum absolute atomic E-state index is 12.5. The normalized spacial score (nSPS) is 19.7. The Morgan fingerprint density at radius 3 is 3.12 bits per heavy atom. The maximum atomic E-state index is 12.5. The highest BCUT2D eigenvalue weighted by Crippen LogP contribution is 2.24. The van der Waals surface area contributed by atoms with Crippen molar-refractivity contribution in [2.75, 3.05) is 46.9 Å². The smallest absolute Gasteiger partial charge is 0.224 e. The molecular formula is C18H29IN4O2S. The molecule has 3 rings (SSSR count). The lowest BCUT2D eigenvalue weighted by Crippen LogP contribution is -2.43. The monoisotopic (exact) mass is 492 g/mol. The Morgan fingerprint density at radius 1 is 1.54 bits per heavy atom. The van der Waals surface area contributed by atoms with Crippen LogP contribution in [0.25, 0.3) is 0 Å². The third kappa shape index (κ3) is 5.56. The van der Waals surface area contributed by atoms with Crippen LogP contribution in [-0.2, 0) is 22.5 Å². The van der Waals surface area contributed by atoms with Gasteiger partial charge in [-0.1, -0.05) is 0 Å². The molecule has 0 spiro atoms. The fourth-order valence-corrected chi connectivity index (χ4v) is 4.38. The van der Waals surface area contributed by atoms with Crippen LogP contribution in [0.4, 0.5) is 0 Å². The van der Waals surface area contributed by atoms with E-state index in [0.29, 0.717) is 18.9 Å². The molecule has 0 aliphatic carbocycles. The van der Waals surface area contributed by atoms with Crippen molar-refractivity contribution in [3.8, 4) is 0 Å². The number of rotatable bonds is 5. The van der Waals surface area contributed by atoms with Gasteiger partial charge in [0.15, 0.2) is 5.96 Å². The Bertz CT molecular complexity index is 616. The minimum absolute atomic E-state index is 0. The van der Waals surface area contributed by atoms with E-state index >= 15 is 0 Å². The average molecular weight is 492 g/mol. The molecule has 1 unspecified atom stereocenters. The summed E-state index contributed by atoms with van der Waals surface area (Å²) in [4.78, 5) is 22.3. The van der Waals surface area contributed by atoms with Crippen molar-refractivity contribution in [2.24, 2.45) is 10.9 Å². The number of fused-ring (bicyclic) bond motifs is 1. The number of hydrogen-bond acceptors (Lipinski definition) is 4. The van der Waals surface area contributed by atoms with Crippen LogP contribution in [0.2, 0.25) is 0 Å². The van der Waals surface area contributed by atoms with Crippen LogP contribution >= 0.6 is 35.3 Å². The lowest BCUT2D eigenvalue weighted by Gasteiger charge is -2.28. The summed E-state index contributed by atoms with van der Waals surface area (Å²) in [5.74, 6) is 1.63. The topological polar surface area (TPSA) is 57.2 Å². The number of hydrogen-bond donors (Lipinski definition) is 1. The van der Waals surface area contributed by atoms with Crippen LogP contribution in [0.3, 0.4) is 0 Å². The summed E-state index contributed by atoms with van der Waals surface area (Å²) in [6.45, 7) is 4.83. The molecule has 1 saturated heterocycles. The lowest BCUT2D eigenvalue weighted by atomic mass is 10.1. The summed E-state index contributed by atoms with van der Waals surface area (Å²) in [5, 5.41) is 5.44. The van der Waals surface area contributed by atoms with E-state index < -0.39 is 0 Å². The minimum Gasteiger partial charge on any atom is -0.381 e. The zero-order chi connectivity index (χ0) is 17.6. The third-order valence-corrected chi connectivity index (χ3v) is 5.93. The highest BCUT2D eigenvalue weighted by molar-refractivity contribution is 14.0. The van der Waals surface area contributed by atoms with Crippen molar-refractivity contribution in [1.82, 2.24) is 15.1 Å². The molecule has 1 fully saturated rings. The number of ether oxygens (including phenoxy) is 1. The molecule has 1 amide bonds. The van der Waals surface area contributed by atoms with Crippen LogP contribution in [0, 0.1) is 5.92 Å². The van der Waals surface area contributed by atoms with E-state index in [1.54, 1.807) is 18.4 Å². The molecule has 2 aliphatic heterocycles. The van der Waals surface area contributed by atoms with Gasteiger partial charge in [0.25, 0.3) is 0 Å². The second-order valence-electron chi connectivity index (χ2n) is 6.77. The van der Waals surface area contributed by atoms with Gasteiger partial charge in [-0.2, -0.15) is 0 Å². The van der Waals surface area contributed by atoms with Gasteiger partial charge < -0.3 is 19.9 Å². The molecule has 146 valence electrons. The number of nitrogens with zero attached hydrogens (tertiary/aromatic N) is 3. The molecule has 0 bridgehead atoms. The lowest BCUT2D eigenvalue weighted by molar-refractivity contribution is -0.131. The summed E-state index contributed by atoms with van der Waals surface area (Å²) in [6.07, 6.45) is 2.60. The Labute approximate surface area is 177 Å². The number of carbonyl (C=O) groups excluding carboxylic acids is 1. The molecule has 1 N–H and O–H groups in total. The van der Waals surface area contributed by atoms with Gasteiger partial charge >= 0.3 is 0 Å². The Balaban J connectivity index is 0.00000243. The summed E-state index contributed by atoms with van der Waals surface area (Å²) in [7, 11) is 3.83. The van der Waals surface area contributed by atoms with Crippen LogP contribution in [0.1, 0.15) is 23.3 Å². The molecule has 1 aromatic heterocycles. The van der Waals surface area contributed by atoms with Crippen molar-refractivity contribution in [3.63, 3.8) is 0 Å². The van der Waals surface area contributed by atoms with E-state index in [2.05, 4.69) is 26.7 Å². The molecule has 0 aromatic carbocycles. The number of thiophene rings is 1. The Kier molecular flexibility index (Phi) is 8.62. The molecule has 1 aromatic rings. The standard InChI is InChI=1S/C18H28N4O2S.HI/c1-19-18(21(2)11-14-5-9-24-13-14)20-7-3-17(23)22-8-4-16-15(12-22)6-10-25-16;/h6,10,14H,3-5,7-9,11-13H2,1-2H3,(H,19,20);1H. The predicted molar refractivity (Wildman–Crippen MR) is 116 cm³/mol. The first-order valence-electron chi connectivity index (χ1n) is 9.00. The third-order valence-electron chi connectivity index (χ3n) is 4.91. The second-order valence-corrected chi connectivity index (χ2v) is 7.77. The molecule has 0 saturated carbocycles. The predicted octanol–water partition coefficient (Wildman–Crippen LogP) is 2.18. The first kappa shape index (κ1) is 21.4. The highest BCUT2D eigenvalue weighted by atomic mass is 127. The number of halogens is 1. The van der Waals surface area contributed by atoms with Gasteiger partial charge in [-0.15, -0.1) is 35.3 Å². The molecule has 3 heterocycles. The number of guanidine groups is 1. The molecule has 2 aliphatic rings. The zero-order valence-electron chi connectivity index (χ0n) is 15.6. The maximum Gasteiger partial charge on any atom is 0.224 e. The van der Waals surface area contributed by atoms with Crippen molar-refractivity contribution in [3.05, 3.63) is 21.9 Å². The Morgan fingerprint density at radius 2 is 2.38 bits per heavy atom. The average Bonchev–Trinajstić information content (AvgIpc) is 3.29. The van der Waals surface area contributed by atoms with Crippen LogP contribution in [0.5, 0.6) is 0 Å². The summed E-state index contributed by atoms with van der Waals surface area (Å²) in [6, 6.07) is 2.14. The first-order valence-corrected chi connectivity index (χ1v) is 9.88. The van der Waals surface area contributed by atoms with Crippen molar-refractivity contribution in [2.45, 2.75) is 25.8 Å². The van der Waals surface area contributed by atoms with Crippen molar-refractivity contribution in [1.29, 1.82) is 0 Å². The molecule has 0 radical (unpaired) electrons. The van der Waals surface area contributed by atoms with E-state index in [9.17, 15) is 4.79 Å². The van der Waals surface area contributed by atoms with E-state index in [1.807, 2.05) is 11.9 Å². The van der Waals surface area contributed by atoms with Gasteiger partial charge in [0.2, 0.25) is 5.91 Å². The first-order chi connectivity index (χ1) is 12.2. The van der Waals surface area contributed by atoms with Gasteiger partial charge in [0.05, 0.1) is 6.61 Å². The summed E-state index contributed by atoms with van der Waals surface area (Å²) < 4.78 is 5.43. The fourth-order valence-electron chi connectivity index (χ4n) is 3.49. The SMILES string of the molecule is CN=C(NCCC(=O)N1CCc2sccc2C1)N(C)CC1CCOC1.I. The van der Waals surface area contributed by atoms with Crippen LogP contribution < -0.4 is 5.32 Å². The molecule has 6 nitrogen and oxygen atoms in total. The van der Waals surface area contributed by atoms with E-state index in [0.717, 1.165) is 51.6 Å². The van der Waals surface area contributed by atoms with Crippen molar-refractivity contribution >= 4 is 47.2 Å². The number of amides is 1. The second kappa shape index (κ2) is 10.5. The highest BCUT2D eigenvalue weighted by Gasteiger charge is 2.22. The van der Waals surface area contributed by atoms with Crippen LogP contribution in [-0.4, -0.2) is 68.6 Å². The number of aliphatic imine (C=N–C) groups is 1. The zero-order valence-corrected chi connectivity index (χ0v) is 18.7. The van der Waals surface area contributed by atoms with Gasteiger partial charge in [0, 0.05) is 64.1 Å². The van der Waals surface area contributed by atoms with Gasteiger partial charge in [-0.3, -0.25) is 9.79 Å². The Hall–Kier alpha value is -0.870. The van der Waals surface area contributed by atoms with Crippen LogP contribution in [0.15, 0.2) is 16.4 Å². The molecule has 8 heteroatoms. The fraction of sp³-hybridized carbons (Fsp3) is 0.667. The van der Waals surface area contributed by atoms with Gasteiger partial charge in [-0.25, -0.2) is 0 Å². The minimum atomic E-state index is 0. The van der Waals surface area contributed by atoms with E-state index in [1.165, 1.54) is 10.4 Å². The quantitative estimate of drug-likeness (QED) is 0.389. The molecule has 1 atom stereocenters. The number of nitrogens with one attached hydrogen (secondary N) is 1. The molecular weight excluding hydrogens is 463 g/mol. The van der Waals surface area contributed by atoms with E-state index in [-0.39, 0.29) is 29.9 Å². The van der Waals surface area contributed by atoms with Gasteiger partial charge in [-0.05, 0) is 29.9 Å². The van der Waals surface area contributed by atoms with Gasteiger partial charge in [0.1, 0.15) is 0 Å². The largest absolute Gasteiger partial charge is 0.381 e. The van der Waals surface area contributed by atoms with Crippen molar-refractivity contribution < 1.29 is 9.53 Å². The van der Waals surface area contributed by atoms with E-state index in [4.69, 9.17) is 4.74 Å². The summed E-state index contributed by atoms with van der Waals surface area (Å²) >= 11 is 1.80.